The molecule has 27 heavy (non-hydrogen) atoms. The van der Waals surface area contributed by atoms with Crippen molar-refractivity contribution in [2.75, 3.05) is 5.32 Å². The summed E-state index contributed by atoms with van der Waals surface area (Å²) in [6.07, 6.45) is 4.45. The molecule has 1 aromatic heterocycles. The molecule has 9 heteroatoms. The van der Waals surface area contributed by atoms with E-state index < -0.39 is 11.3 Å². The van der Waals surface area contributed by atoms with Gasteiger partial charge in [-0.3, -0.25) is 10.1 Å². The maximum atomic E-state index is 12.4. The SMILES string of the molecule is Cc1ccc(NC(=O)NC(=O)C(C)Sc2nnnn2C2CCCC2)c(C)c1. The molecular formula is C18H24N6O2S. The molecule has 0 saturated heterocycles. The van der Waals surface area contributed by atoms with Crippen LogP contribution in [0.5, 0.6) is 0 Å². The Morgan fingerprint density at radius 1 is 1.26 bits per heavy atom. The molecule has 1 aromatic carbocycles. The number of hydrogen-bond acceptors (Lipinski definition) is 6. The topological polar surface area (TPSA) is 102 Å². The molecule has 0 bridgehead atoms. The van der Waals surface area contributed by atoms with Gasteiger partial charge in [-0.25, -0.2) is 9.48 Å². The maximum Gasteiger partial charge on any atom is 0.325 e. The summed E-state index contributed by atoms with van der Waals surface area (Å²) in [5.74, 6) is -0.386. The lowest BCUT2D eigenvalue weighted by Crippen LogP contribution is -2.39. The number of tetrazole rings is 1. The van der Waals surface area contributed by atoms with Gasteiger partial charge in [0.2, 0.25) is 11.1 Å². The molecular weight excluding hydrogens is 364 g/mol. The van der Waals surface area contributed by atoms with Crippen LogP contribution < -0.4 is 10.6 Å². The van der Waals surface area contributed by atoms with Crippen LogP contribution in [0.25, 0.3) is 0 Å². The zero-order valence-electron chi connectivity index (χ0n) is 15.7. The standard InChI is InChI=1S/C18H24N6O2S/c1-11-8-9-15(12(2)10-11)19-17(26)20-16(25)13(3)27-18-21-22-23-24(18)14-6-4-5-7-14/h8-10,13-14H,4-7H2,1-3H3,(H2,19,20,25,26). The first kappa shape index (κ1) is 19.3. The van der Waals surface area contributed by atoms with Crippen LogP contribution in [-0.4, -0.2) is 37.4 Å². The second-order valence-corrected chi connectivity index (χ2v) is 8.17. The summed E-state index contributed by atoms with van der Waals surface area (Å²) < 4.78 is 1.80. The predicted molar refractivity (Wildman–Crippen MR) is 104 cm³/mol. The zero-order valence-corrected chi connectivity index (χ0v) is 16.5. The Balaban J connectivity index is 1.56. The fourth-order valence-corrected chi connectivity index (χ4v) is 4.03. The van der Waals surface area contributed by atoms with Crippen LogP contribution in [0.1, 0.15) is 49.8 Å². The number of benzene rings is 1. The second-order valence-electron chi connectivity index (χ2n) is 6.87. The summed E-state index contributed by atoms with van der Waals surface area (Å²) >= 11 is 1.26. The third kappa shape index (κ3) is 4.85. The minimum absolute atomic E-state index is 0.297. The number of nitrogens with zero attached hydrogens (tertiary/aromatic N) is 4. The molecule has 0 radical (unpaired) electrons. The molecule has 0 aliphatic heterocycles. The summed E-state index contributed by atoms with van der Waals surface area (Å²) in [6, 6.07) is 5.45. The second kappa shape index (κ2) is 8.51. The van der Waals surface area contributed by atoms with Crippen LogP contribution in [0.3, 0.4) is 0 Å². The average Bonchev–Trinajstić information content (AvgIpc) is 3.28. The van der Waals surface area contributed by atoms with Crippen molar-refractivity contribution in [3.05, 3.63) is 29.3 Å². The molecule has 0 spiro atoms. The minimum Gasteiger partial charge on any atom is -0.307 e. The molecule has 144 valence electrons. The van der Waals surface area contributed by atoms with E-state index in [9.17, 15) is 9.59 Å². The minimum atomic E-state index is -0.546. The lowest BCUT2D eigenvalue weighted by atomic mass is 10.1. The third-order valence-electron chi connectivity index (χ3n) is 4.65. The number of imide groups is 1. The lowest BCUT2D eigenvalue weighted by molar-refractivity contribution is -0.119. The van der Waals surface area contributed by atoms with E-state index in [4.69, 9.17) is 0 Å². The number of aryl methyl sites for hydroxylation is 2. The van der Waals surface area contributed by atoms with Gasteiger partial charge in [-0.05, 0) is 55.7 Å². The van der Waals surface area contributed by atoms with Gasteiger partial charge in [-0.1, -0.05) is 42.3 Å². The van der Waals surface area contributed by atoms with Crippen molar-refractivity contribution in [3.8, 4) is 0 Å². The Morgan fingerprint density at radius 3 is 2.70 bits per heavy atom. The van der Waals surface area contributed by atoms with E-state index in [1.54, 1.807) is 11.6 Å². The number of amides is 3. The molecule has 3 amide bonds. The highest BCUT2D eigenvalue weighted by atomic mass is 32.2. The van der Waals surface area contributed by atoms with Gasteiger partial charge in [0.15, 0.2) is 0 Å². The molecule has 2 aromatic rings. The van der Waals surface area contributed by atoms with E-state index in [0.717, 1.165) is 24.0 Å². The number of urea groups is 1. The first-order chi connectivity index (χ1) is 12.9. The van der Waals surface area contributed by atoms with Crippen LogP contribution in [0.2, 0.25) is 0 Å². The zero-order chi connectivity index (χ0) is 19.4. The smallest absolute Gasteiger partial charge is 0.307 e. The molecule has 1 unspecified atom stereocenters. The van der Waals surface area contributed by atoms with Crippen LogP contribution in [-0.2, 0) is 4.79 Å². The molecule has 1 atom stereocenters. The van der Waals surface area contributed by atoms with E-state index in [2.05, 4.69) is 26.2 Å². The first-order valence-corrected chi connectivity index (χ1v) is 9.95. The average molecular weight is 388 g/mol. The quantitative estimate of drug-likeness (QED) is 0.763. The van der Waals surface area contributed by atoms with Crippen LogP contribution in [0.15, 0.2) is 23.4 Å². The molecule has 1 fully saturated rings. The molecule has 3 rings (SSSR count). The molecule has 1 heterocycles. The van der Waals surface area contributed by atoms with Gasteiger partial charge in [0, 0.05) is 5.69 Å². The number of rotatable bonds is 5. The molecule has 1 aliphatic carbocycles. The number of nitrogens with one attached hydrogen (secondary N) is 2. The van der Waals surface area contributed by atoms with Gasteiger partial charge >= 0.3 is 6.03 Å². The van der Waals surface area contributed by atoms with Gasteiger partial charge < -0.3 is 5.32 Å². The number of aromatic nitrogens is 4. The Hall–Kier alpha value is -2.42. The van der Waals surface area contributed by atoms with E-state index >= 15 is 0 Å². The molecule has 1 saturated carbocycles. The number of anilines is 1. The number of carbonyl (C=O) groups is 2. The fraction of sp³-hybridized carbons (Fsp3) is 0.500. The van der Waals surface area contributed by atoms with E-state index in [1.165, 1.54) is 24.6 Å². The summed E-state index contributed by atoms with van der Waals surface area (Å²) in [4.78, 5) is 24.5. The number of thioether (sulfide) groups is 1. The Morgan fingerprint density at radius 2 is 2.00 bits per heavy atom. The highest BCUT2D eigenvalue weighted by molar-refractivity contribution is 8.00. The number of carbonyl (C=O) groups excluding carboxylic acids is 2. The molecule has 2 N–H and O–H groups in total. The van der Waals surface area contributed by atoms with Crippen molar-refractivity contribution in [1.29, 1.82) is 0 Å². The summed E-state index contributed by atoms with van der Waals surface area (Å²) in [5.41, 5.74) is 2.73. The van der Waals surface area contributed by atoms with E-state index in [0.29, 0.717) is 16.9 Å². The lowest BCUT2D eigenvalue weighted by Gasteiger charge is -2.14. The van der Waals surface area contributed by atoms with Gasteiger partial charge in [0.05, 0.1) is 11.3 Å². The van der Waals surface area contributed by atoms with Crippen LogP contribution in [0.4, 0.5) is 10.5 Å². The maximum absolute atomic E-state index is 12.4. The van der Waals surface area contributed by atoms with Gasteiger partial charge in [0.25, 0.3) is 0 Å². The van der Waals surface area contributed by atoms with Gasteiger partial charge in [-0.2, -0.15) is 0 Å². The van der Waals surface area contributed by atoms with Crippen LogP contribution >= 0.6 is 11.8 Å². The van der Waals surface area contributed by atoms with Crippen molar-refractivity contribution < 1.29 is 9.59 Å². The van der Waals surface area contributed by atoms with Gasteiger partial charge in [-0.15, -0.1) is 5.10 Å². The van der Waals surface area contributed by atoms with Crippen molar-refractivity contribution >= 4 is 29.4 Å². The summed E-state index contributed by atoms with van der Waals surface area (Å²) in [6.45, 7) is 5.63. The summed E-state index contributed by atoms with van der Waals surface area (Å²) in [7, 11) is 0. The monoisotopic (exact) mass is 388 g/mol. The van der Waals surface area contributed by atoms with Gasteiger partial charge in [0.1, 0.15) is 0 Å². The third-order valence-corrected chi connectivity index (χ3v) is 5.70. The summed E-state index contributed by atoms with van der Waals surface area (Å²) in [5, 5.41) is 17.1. The highest BCUT2D eigenvalue weighted by Gasteiger charge is 2.25. The van der Waals surface area contributed by atoms with Crippen molar-refractivity contribution in [3.63, 3.8) is 0 Å². The number of hydrogen-bond donors (Lipinski definition) is 2. The van der Waals surface area contributed by atoms with Crippen molar-refractivity contribution in [2.45, 2.75) is 62.9 Å². The van der Waals surface area contributed by atoms with Crippen molar-refractivity contribution in [2.24, 2.45) is 0 Å². The predicted octanol–water partition coefficient (Wildman–Crippen LogP) is 3.23. The normalized spacial score (nSPS) is 15.5. The van der Waals surface area contributed by atoms with E-state index in [-0.39, 0.29) is 5.91 Å². The Kier molecular flexibility index (Phi) is 6.10. The molecule has 8 nitrogen and oxygen atoms in total. The fourth-order valence-electron chi connectivity index (χ4n) is 3.17. The van der Waals surface area contributed by atoms with Crippen molar-refractivity contribution in [1.82, 2.24) is 25.5 Å². The van der Waals surface area contributed by atoms with E-state index in [1.807, 2.05) is 32.0 Å². The Labute approximate surface area is 162 Å². The Bertz CT molecular complexity index is 831. The first-order valence-electron chi connectivity index (χ1n) is 9.07. The highest BCUT2D eigenvalue weighted by Crippen LogP contribution is 2.32. The molecule has 1 aliphatic rings. The largest absolute Gasteiger partial charge is 0.325 e. The van der Waals surface area contributed by atoms with Crippen LogP contribution in [0, 0.1) is 13.8 Å².